The van der Waals surface area contributed by atoms with Crippen LogP contribution in [0.1, 0.15) is 23.1 Å². The van der Waals surface area contributed by atoms with Crippen LogP contribution in [0.2, 0.25) is 5.02 Å². The Hall–Kier alpha value is -1.61. The van der Waals surface area contributed by atoms with E-state index >= 15 is 0 Å². The lowest BCUT2D eigenvalue weighted by molar-refractivity contribution is -0.137. The highest BCUT2D eigenvalue weighted by Gasteiger charge is 2.39. The van der Waals surface area contributed by atoms with Gasteiger partial charge in [0.05, 0.1) is 33.7 Å². The molecule has 1 fully saturated rings. The molecule has 0 aliphatic carbocycles. The first-order valence-electron chi connectivity index (χ1n) is 8.97. The third-order valence-electron chi connectivity index (χ3n) is 4.60. The maximum absolute atomic E-state index is 12.5. The summed E-state index contributed by atoms with van der Waals surface area (Å²) in [4.78, 5) is 0.948. The highest BCUT2D eigenvalue weighted by molar-refractivity contribution is 7.82. The van der Waals surface area contributed by atoms with E-state index in [-0.39, 0.29) is 29.4 Å². The molecule has 1 saturated heterocycles. The fraction of sp³-hybridized carbons (Fsp3) is 0.350. The van der Waals surface area contributed by atoms with E-state index in [1.807, 2.05) is 19.1 Å². The van der Waals surface area contributed by atoms with Crippen molar-refractivity contribution >= 4 is 35.2 Å². The molecule has 0 spiro atoms. The Morgan fingerprint density at radius 2 is 2.00 bits per heavy atom. The summed E-state index contributed by atoms with van der Waals surface area (Å²) in [5.74, 6) is 0. The number of hydrogen-bond acceptors (Lipinski definition) is 5. The lowest BCUT2D eigenvalue weighted by Crippen LogP contribution is -2.37. The monoisotopic (exact) mass is 492 g/mol. The number of thiol groups is 1. The summed E-state index contributed by atoms with van der Waals surface area (Å²) in [5, 5.41) is 27.2. The molecule has 1 heterocycles. The van der Waals surface area contributed by atoms with Gasteiger partial charge in [0, 0.05) is 18.0 Å². The van der Waals surface area contributed by atoms with E-state index in [9.17, 15) is 22.5 Å². The molecule has 5 nitrogen and oxygen atoms in total. The number of aliphatic hydroxyl groups excluding tert-OH is 1. The summed E-state index contributed by atoms with van der Waals surface area (Å²) >= 11 is 9.91. The summed E-state index contributed by atoms with van der Waals surface area (Å²) in [6, 6.07) is 10.2. The molecule has 0 amide bonds. The zero-order chi connectivity index (χ0) is 23.4. The van der Waals surface area contributed by atoms with Gasteiger partial charge in [-0.3, -0.25) is 0 Å². The van der Waals surface area contributed by atoms with Gasteiger partial charge in [0.2, 0.25) is 0 Å². The minimum absolute atomic E-state index is 0.0343. The topological polar surface area (TPSA) is 84.6 Å². The van der Waals surface area contributed by atoms with Gasteiger partial charge >= 0.3 is 6.18 Å². The van der Waals surface area contributed by atoms with Crippen LogP contribution < -0.4 is 0 Å². The molecule has 31 heavy (non-hydrogen) atoms. The van der Waals surface area contributed by atoms with Gasteiger partial charge in [-0.25, -0.2) is 8.51 Å². The third kappa shape index (κ3) is 6.68. The summed E-state index contributed by atoms with van der Waals surface area (Å²) in [6.07, 6.45) is -4.29. The number of hydrogen-bond donors (Lipinski definition) is 3. The molecule has 0 bridgehead atoms. The third-order valence-corrected chi connectivity index (χ3v) is 6.82. The van der Waals surface area contributed by atoms with Crippen LogP contribution in [0.5, 0.6) is 0 Å². The van der Waals surface area contributed by atoms with Crippen molar-refractivity contribution in [2.24, 2.45) is 0 Å². The number of benzene rings is 2. The van der Waals surface area contributed by atoms with E-state index in [2.05, 4.69) is 18.7 Å². The molecule has 0 aromatic heterocycles. The Morgan fingerprint density at radius 3 is 2.48 bits per heavy atom. The molecule has 2 aromatic rings. The molecule has 3 rings (SSSR count). The lowest BCUT2D eigenvalue weighted by Gasteiger charge is -2.20. The first-order chi connectivity index (χ1) is 14.4. The average molecular weight is 493 g/mol. The summed E-state index contributed by atoms with van der Waals surface area (Å²) < 4.78 is 51.3. The minimum Gasteiger partial charge on any atom is -0.393 e. The second-order valence-corrected chi connectivity index (χ2v) is 9.38. The van der Waals surface area contributed by atoms with E-state index in [4.69, 9.17) is 22.0 Å². The smallest absolute Gasteiger partial charge is 0.393 e. The van der Waals surface area contributed by atoms with Gasteiger partial charge in [0.25, 0.3) is 0 Å². The molecule has 2 N–H and O–H groups in total. The number of aryl methyl sites for hydroxylation is 1. The SMILES string of the molecule is Cc1cc(S)ccc1C#N.O=S(c1ccc(C(F)(F)F)cc1Cl)N1CCC(O)(CO)C1. The quantitative estimate of drug-likeness (QED) is 0.566. The normalized spacial score (nSPS) is 20.0. The number of nitriles is 1. The zero-order valence-electron chi connectivity index (χ0n) is 16.4. The number of rotatable bonds is 3. The standard InChI is InChI=1S/C12H13ClF3NO3S.C8H7NS/c13-9-5-8(12(14,15)16)1-2-10(9)21(20)17-4-3-11(19,6-17)7-18;1-6-4-8(10)3-2-7(6)5-9/h1-2,5,18-19H,3-4,6-7H2;2-4,10H,1H3. The van der Waals surface area contributed by atoms with Gasteiger partial charge in [0.1, 0.15) is 16.6 Å². The highest BCUT2D eigenvalue weighted by atomic mass is 35.5. The molecule has 2 unspecified atom stereocenters. The fourth-order valence-electron chi connectivity index (χ4n) is 2.82. The number of halogens is 4. The van der Waals surface area contributed by atoms with Crippen molar-refractivity contribution in [1.82, 2.24) is 4.31 Å². The molecular formula is C20H20ClF3N2O3S2. The van der Waals surface area contributed by atoms with Crippen LogP contribution in [0, 0.1) is 18.3 Å². The van der Waals surface area contributed by atoms with Crippen LogP contribution in [0.4, 0.5) is 13.2 Å². The van der Waals surface area contributed by atoms with Gasteiger partial charge < -0.3 is 10.2 Å². The Kier molecular flexibility index (Phi) is 8.55. The molecule has 168 valence electrons. The second-order valence-electron chi connectivity index (χ2n) is 7.00. The molecule has 1 aliphatic rings. The molecule has 1 aliphatic heterocycles. The van der Waals surface area contributed by atoms with Crippen molar-refractivity contribution in [3.8, 4) is 6.07 Å². The molecule has 2 aromatic carbocycles. The Labute approximate surface area is 191 Å². The van der Waals surface area contributed by atoms with Gasteiger partial charge in [-0.2, -0.15) is 18.4 Å². The predicted molar refractivity (Wildman–Crippen MR) is 114 cm³/mol. The summed E-state index contributed by atoms with van der Waals surface area (Å²) in [6.45, 7) is 1.65. The van der Waals surface area contributed by atoms with Crippen molar-refractivity contribution < 1.29 is 27.6 Å². The first kappa shape index (κ1) is 25.6. The molecule has 2 atom stereocenters. The van der Waals surface area contributed by atoms with Gasteiger partial charge in [-0.05, 0) is 55.3 Å². The van der Waals surface area contributed by atoms with Crippen LogP contribution in [0.15, 0.2) is 46.2 Å². The maximum Gasteiger partial charge on any atom is 0.416 e. The first-order valence-corrected chi connectivity index (χ1v) is 10.9. The van der Waals surface area contributed by atoms with Crippen LogP contribution in [-0.4, -0.2) is 44.0 Å². The number of alkyl halides is 3. The predicted octanol–water partition coefficient (Wildman–Crippen LogP) is 3.97. The highest BCUT2D eigenvalue weighted by Crippen LogP contribution is 2.34. The van der Waals surface area contributed by atoms with E-state index in [0.717, 1.165) is 34.2 Å². The van der Waals surface area contributed by atoms with Gasteiger partial charge in [-0.15, -0.1) is 12.6 Å². The Bertz CT molecular complexity index is 1010. The largest absolute Gasteiger partial charge is 0.416 e. The Morgan fingerprint density at radius 1 is 1.32 bits per heavy atom. The lowest BCUT2D eigenvalue weighted by atomic mass is 10.1. The van der Waals surface area contributed by atoms with Gasteiger partial charge in [0.15, 0.2) is 0 Å². The number of nitrogens with zero attached hydrogens (tertiary/aromatic N) is 2. The molecule has 11 heteroatoms. The van der Waals surface area contributed by atoms with Crippen molar-refractivity contribution in [3.05, 3.63) is 58.1 Å². The Balaban J connectivity index is 0.000000285. The number of aliphatic hydroxyl groups is 2. The van der Waals surface area contributed by atoms with Crippen molar-refractivity contribution in [2.75, 3.05) is 19.7 Å². The average Bonchev–Trinajstić information content (AvgIpc) is 3.10. The van der Waals surface area contributed by atoms with E-state index in [1.54, 1.807) is 6.07 Å². The molecule has 0 saturated carbocycles. The summed E-state index contributed by atoms with van der Waals surface area (Å²) in [5.41, 5.74) is -0.553. The second kappa shape index (κ2) is 10.3. The minimum atomic E-state index is -4.52. The number of β-amino-alcohol motifs (C(OH)–C–C–N with tert-alkyl or cyclic N) is 1. The van der Waals surface area contributed by atoms with Crippen molar-refractivity contribution in [2.45, 2.75) is 34.9 Å². The fourth-order valence-corrected chi connectivity index (χ4v) is 4.77. The van der Waals surface area contributed by atoms with Crippen LogP contribution in [0.25, 0.3) is 0 Å². The molecular weight excluding hydrogens is 473 g/mol. The van der Waals surface area contributed by atoms with Crippen molar-refractivity contribution in [1.29, 1.82) is 5.26 Å². The molecule has 0 radical (unpaired) electrons. The van der Waals surface area contributed by atoms with Crippen LogP contribution in [0.3, 0.4) is 0 Å². The zero-order valence-corrected chi connectivity index (χ0v) is 18.8. The van der Waals surface area contributed by atoms with Crippen molar-refractivity contribution in [3.63, 3.8) is 0 Å². The van der Waals surface area contributed by atoms with Gasteiger partial charge in [-0.1, -0.05) is 11.6 Å². The van der Waals surface area contributed by atoms with Crippen LogP contribution >= 0.6 is 24.2 Å². The van der Waals surface area contributed by atoms with E-state index in [1.165, 1.54) is 4.31 Å². The maximum atomic E-state index is 12.5. The van der Waals surface area contributed by atoms with E-state index in [0.29, 0.717) is 0 Å². The van der Waals surface area contributed by atoms with Crippen LogP contribution in [-0.2, 0) is 17.2 Å². The summed E-state index contributed by atoms with van der Waals surface area (Å²) in [7, 11) is -1.79. The van der Waals surface area contributed by atoms with E-state index < -0.39 is 34.9 Å².